The van der Waals surface area contributed by atoms with Gasteiger partial charge >= 0.3 is 20.5 Å². The van der Waals surface area contributed by atoms with Crippen LogP contribution in [0.1, 0.15) is 84.1 Å². The van der Waals surface area contributed by atoms with Crippen LogP contribution in [0.3, 0.4) is 0 Å². The lowest BCUT2D eigenvalue weighted by Gasteiger charge is -2.28. The Hall–Kier alpha value is -2.40. The molecule has 0 fully saturated rings. The number of carbonyl (C=O) groups excluding carboxylic acids is 1. The largest absolute Gasteiger partial charge is 0.500 e. The van der Waals surface area contributed by atoms with Gasteiger partial charge in [0.15, 0.2) is 0 Å². The Morgan fingerprint density at radius 1 is 0.825 bits per heavy atom. The molecule has 2 rings (SSSR count). The lowest BCUT2D eigenvalue weighted by atomic mass is 10.1. The van der Waals surface area contributed by atoms with Crippen molar-refractivity contribution in [3.63, 3.8) is 0 Å². The third-order valence-electron chi connectivity index (χ3n) is 6.49. The van der Waals surface area contributed by atoms with Gasteiger partial charge in [-0.15, -0.1) is 0 Å². The number of rotatable bonds is 22. The summed E-state index contributed by atoms with van der Waals surface area (Å²) in [7, 11) is -2.66. The molecule has 0 radical (unpaired) electrons. The molecule has 1 aromatic carbocycles. The van der Waals surface area contributed by atoms with Crippen LogP contribution in [0.5, 0.6) is 5.75 Å². The smallest absolute Gasteiger partial charge is 0.493 e. The number of alkyl carbamates (subject to hydrolysis) is 1. The predicted octanol–water partition coefficient (Wildman–Crippen LogP) is 6.77. The minimum atomic E-state index is -2.66. The molecule has 9 nitrogen and oxygen atoms in total. The molecule has 0 saturated carbocycles. The van der Waals surface area contributed by atoms with Gasteiger partial charge in [-0.2, -0.15) is 0 Å². The molecule has 0 saturated heterocycles. The van der Waals surface area contributed by atoms with E-state index >= 15 is 0 Å². The molecule has 0 bridgehead atoms. The van der Waals surface area contributed by atoms with Crippen LogP contribution in [0, 0.1) is 6.92 Å². The van der Waals surface area contributed by atoms with E-state index in [2.05, 4.69) is 5.32 Å². The molecule has 10 heteroatoms. The van der Waals surface area contributed by atoms with Crippen molar-refractivity contribution in [3.05, 3.63) is 40.2 Å². The summed E-state index contributed by atoms with van der Waals surface area (Å²) in [5.41, 5.74) is 1.13. The Labute approximate surface area is 240 Å². The molecule has 0 unspecified atom stereocenters. The van der Waals surface area contributed by atoms with E-state index in [1.165, 1.54) is 25.3 Å². The first-order valence-electron chi connectivity index (χ1n) is 14.9. The first-order chi connectivity index (χ1) is 19.4. The molecule has 40 heavy (non-hydrogen) atoms. The minimum Gasteiger partial charge on any atom is -0.493 e. The van der Waals surface area contributed by atoms with Crippen LogP contribution in [0.4, 0.5) is 4.79 Å². The van der Waals surface area contributed by atoms with Crippen molar-refractivity contribution in [2.24, 2.45) is 0 Å². The van der Waals surface area contributed by atoms with Crippen LogP contribution in [-0.4, -0.2) is 54.5 Å². The van der Waals surface area contributed by atoms with Crippen LogP contribution in [0.2, 0.25) is 6.04 Å². The highest BCUT2D eigenvalue weighted by Crippen LogP contribution is 2.22. The van der Waals surface area contributed by atoms with E-state index in [4.69, 9.17) is 27.2 Å². The molecule has 226 valence electrons. The molecule has 0 aliphatic carbocycles. The Balaban J connectivity index is 1.43. The monoisotopic (exact) mass is 579 g/mol. The second kappa shape index (κ2) is 19.6. The summed E-state index contributed by atoms with van der Waals surface area (Å²) < 4.78 is 33.9. The molecule has 1 amide bonds. The van der Waals surface area contributed by atoms with E-state index in [9.17, 15) is 9.59 Å². The summed E-state index contributed by atoms with van der Waals surface area (Å²) in [6, 6.07) is 7.81. The number of hydrogen-bond acceptors (Lipinski definition) is 8. The fraction of sp³-hybridized carbons (Fsp3) is 0.667. The van der Waals surface area contributed by atoms with Crippen molar-refractivity contribution in [2.75, 3.05) is 39.6 Å². The summed E-state index contributed by atoms with van der Waals surface area (Å²) >= 11 is 0. The molecule has 0 spiro atoms. The van der Waals surface area contributed by atoms with E-state index < -0.39 is 8.80 Å². The standard InChI is InChI=1S/C30H49NO8Si/c1-5-36-40(37-6-2,38-7-3)22-16-19-31-30(33)35-21-15-13-11-9-8-10-12-14-20-34-26-17-18-27-25(4)23-29(32)39-28(27)24-26/h17-18,23-24H,5-16,19-22H2,1-4H3,(H,31,33). The van der Waals surface area contributed by atoms with Crippen molar-refractivity contribution in [3.8, 4) is 5.75 Å². The van der Waals surface area contributed by atoms with E-state index in [1.807, 2.05) is 39.8 Å². The molecule has 1 N–H and O–H groups in total. The topological polar surface area (TPSA) is 105 Å². The number of carbonyl (C=O) groups is 1. The highest BCUT2D eigenvalue weighted by atomic mass is 28.4. The van der Waals surface area contributed by atoms with Crippen LogP contribution in [-0.2, 0) is 18.0 Å². The van der Waals surface area contributed by atoms with Crippen molar-refractivity contribution in [2.45, 2.75) is 91.5 Å². The molecule has 0 aliphatic heterocycles. The molecular formula is C30H49NO8Si. The zero-order valence-electron chi connectivity index (χ0n) is 24.9. The minimum absolute atomic E-state index is 0.339. The van der Waals surface area contributed by atoms with Gasteiger partial charge < -0.3 is 32.5 Å². The first kappa shape index (κ1) is 33.8. The van der Waals surface area contributed by atoms with Gasteiger partial charge in [-0.05, 0) is 64.7 Å². The zero-order chi connectivity index (χ0) is 29.1. The van der Waals surface area contributed by atoms with E-state index in [1.54, 1.807) is 6.07 Å². The van der Waals surface area contributed by atoms with Crippen molar-refractivity contribution < 1.29 is 32.0 Å². The molecule has 1 heterocycles. The summed E-state index contributed by atoms with van der Waals surface area (Å²) in [5, 5.41) is 3.74. The van der Waals surface area contributed by atoms with Crippen molar-refractivity contribution >= 4 is 25.9 Å². The molecule has 1 aromatic heterocycles. The average Bonchev–Trinajstić information content (AvgIpc) is 2.92. The Bertz CT molecular complexity index is 1030. The van der Waals surface area contributed by atoms with Gasteiger partial charge in [-0.3, -0.25) is 0 Å². The zero-order valence-corrected chi connectivity index (χ0v) is 25.9. The molecule has 0 aliphatic rings. The second-order valence-corrected chi connectivity index (χ2v) is 12.5. The molecule has 2 aromatic rings. The summed E-state index contributed by atoms with van der Waals surface area (Å²) in [6.45, 7) is 11.0. The number of aryl methyl sites for hydroxylation is 1. The Morgan fingerprint density at radius 2 is 1.43 bits per heavy atom. The van der Waals surface area contributed by atoms with Crippen molar-refractivity contribution in [1.29, 1.82) is 0 Å². The van der Waals surface area contributed by atoms with Gasteiger partial charge in [0.05, 0.1) is 13.2 Å². The van der Waals surface area contributed by atoms with Crippen LogP contribution in [0.25, 0.3) is 11.0 Å². The Morgan fingerprint density at radius 3 is 2.05 bits per heavy atom. The van der Waals surface area contributed by atoms with Gasteiger partial charge in [-0.25, -0.2) is 9.59 Å². The summed E-state index contributed by atoms with van der Waals surface area (Å²) in [6.07, 6.45) is 9.08. The summed E-state index contributed by atoms with van der Waals surface area (Å²) in [4.78, 5) is 23.5. The van der Waals surface area contributed by atoms with Gasteiger partial charge in [-0.1, -0.05) is 38.5 Å². The fourth-order valence-corrected chi connectivity index (χ4v) is 7.17. The fourth-order valence-electron chi connectivity index (χ4n) is 4.56. The predicted molar refractivity (Wildman–Crippen MR) is 159 cm³/mol. The SMILES string of the molecule is CCO[Si](CCCNC(=O)OCCCCCCCCCCOc1ccc2c(C)cc(=O)oc2c1)(OCC)OCC. The van der Waals surface area contributed by atoms with Crippen molar-refractivity contribution in [1.82, 2.24) is 5.32 Å². The maximum absolute atomic E-state index is 11.9. The average molecular weight is 580 g/mol. The maximum Gasteiger partial charge on any atom is 0.500 e. The Kier molecular flexibility index (Phi) is 16.6. The number of benzene rings is 1. The lowest BCUT2D eigenvalue weighted by molar-refractivity contribution is 0.0706. The lowest BCUT2D eigenvalue weighted by Crippen LogP contribution is -2.46. The molecule has 0 atom stereocenters. The normalized spacial score (nSPS) is 11.6. The number of amides is 1. The summed E-state index contributed by atoms with van der Waals surface area (Å²) in [5.74, 6) is 0.727. The van der Waals surface area contributed by atoms with E-state index in [-0.39, 0.29) is 11.7 Å². The second-order valence-electron chi connectivity index (χ2n) is 9.73. The van der Waals surface area contributed by atoms with E-state index in [0.717, 1.165) is 55.2 Å². The number of ether oxygens (including phenoxy) is 2. The van der Waals surface area contributed by atoms with E-state index in [0.29, 0.717) is 51.2 Å². The maximum atomic E-state index is 11.9. The first-order valence-corrected chi connectivity index (χ1v) is 16.9. The van der Waals surface area contributed by atoms with Gasteiger partial charge in [0.1, 0.15) is 11.3 Å². The van der Waals surface area contributed by atoms with Gasteiger partial charge in [0, 0.05) is 49.9 Å². The number of unbranched alkanes of at least 4 members (excludes halogenated alkanes) is 7. The number of fused-ring (bicyclic) bond motifs is 1. The van der Waals surface area contributed by atoms with Crippen LogP contribution < -0.4 is 15.7 Å². The van der Waals surface area contributed by atoms with Gasteiger partial charge in [0.2, 0.25) is 0 Å². The highest BCUT2D eigenvalue weighted by molar-refractivity contribution is 6.60. The quantitative estimate of drug-likeness (QED) is 0.0926. The molecular weight excluding hydrogens is 530 g/mol. The third kappa shape index (κ3) is 12.8. The number of nitrogens with one attached hydrogen (secondary N) is 1. The van der Waals surface area contributed by atoms with Gasteiger partial charge in [0.25, 0.3) is 0 Å². The van der Waals surface area contributed by atoms with Crippen LogP contribution in [0.15, 0.2) is 33.5 Å². The third-order valence-corrected chi connectivity index (χ3v) is 9.64. The highest BCUT2D eigenvalue weighted by Gasteiger charge is 2.39. The van der Waals surface area contributed by atoms with Crippen LogP contribution >= 0.6 is 0 Å². The number of hydrogen-bond donors (Lipinski definition) is 1.